The third kappa shape index (κ3) is 6.52. The first-order valence-corrected chi connectivity index (χ1v) is 13.6. The summed E-state index contributed by atoms with van der Waals surface area (Å²) in [6.45, 7) is 15.6. The predicted octanol–water partition coefficient (Wildman–Crippen LogP) is 5.26. The molecule has 0 radical (unpaired) electrons. The molecule has 8 heteroatoms. The Morgan fingerprint density at radius 2 is 1.75 bits per heavy atom. The molecule has 196 valence electrons. The molecule has 3 aromatic rings. The second-order valence-electron chi connectivity index (χ2n) is 11.0. The number of carbonyl (C=O) groups is 1. The molecule has 3 aromatic heterocycles. The smallest absolute Gasteiger partial charge is 0.278 e. The Hall–Kier alpha value is -2.74. The Balaban J connectivity index is 1.63. The van der Waals surface area contributed by atoms with Gasteiger partial charge in [0, 0.05) is 19.3 Å². The molecule has 4 rings (SSSR count). The summed E-state index contributed by atoms with van der Waals surface area (Å²) >= 11 is 0. The molecule has 0 bridgehead atoms. The Morgan fingerprint density at radius 1 is 1.06 bits per heavy atom. The number of carbonyl (C=O) groups excluding carboxylic acids is 1. The maximum atomic E-state index is 13.6. The summed E-state index contributed by atoms with van der Waals surface area (Å²) in [4.78, 5) is 27.5. The van der Waals surface area contributed by atoms with Crippen LogP contribution in [-0.2, 0) is 6.42 Å². The van der Waals surface area contributed by atoms with Crippen LogP contribution in [0.4, 0.5) is 0 Å². The van der Waals surface area contributed by atoms with Crippen LogP contribution in [-0.4, -0.2) is 68.0 Å². The van der Waals surface area contributed by atoms with Gasteiger partial charge < -0.3 is 18.7 Å². The van der Waals surface area contributed by atoms with Gasteiger partial charge in [-0.05, 0) is 89.1 Å². The topological polar surface area (TPSA) is 79.8 Å². The van der Waals surface area contributed by atoms with E-state index in [0.29, 0.717) is 29.1 Å². The van der Waals surface area contributed by atoms with Crippen molar-refractivity contribution in [2.24, 2.45) is 11.8 Å². The van der Waals surface area contributed by atoms with Crippen LogP contribution in [0.1, 0.15) is 81.7 Å². The quantitative estimate of drug-likeness (QED) is 0.342. The van der Waals surface area contributed by atoms with Crippen LogP contribution in [0.3, 0.4) is 0 Å². The molecule has 1 aliphatic rings. The zero-order chi connectivity index (χ0) is 25.7. The number of aryl methyl sites for hydroxylation is 2. The number of nitrogens with zero attached hydrogens (tertiary/aromatic N) is 6. The van der Waals surface area contributed by atoms with E-state index in [0.717, 1.165) is 62.4 Å². The van der Waals surface area contributed by atoms with Crippen LogP contribution < -0.4 is 0 Å². The molecule has 0 aliphatic carbocycles. The van der Waals surface area contributed by atoms with E-state index >= 15 is 0 Å². The lowest BCUT2D eigenvalue weighted by atomic mass is 10.1. The minimum absolute atomic E-state index is 0.0881. The van der Waals surface area contributed by atoms with Crippen LogP contribution in [0.5, 0.6) is 0 Å². The number of hydrogen-bond acceptors (Lipinski definition) is 6. The van der Waals surface area contributed by atoms with E-state index in [1.807, 2.05) is 30.2 Å². The fourth-order valence-electron chi connectivity index (χ4n) is 4.83. The lowest BCUT2D eigenvalue weighted by molar-refractivity contribution is 0.0740. The molecule has 0 aromatic carbocycles. The highest BCUT2D eigenvalue weighted by Gasteiger charge is 2.22. The molecule has 1 amide bonds. The van der Waals surface area contributed by atoms with Crippen molar-refractivity contribution in [2.45, 2.75) is 73.1 Å². The van der Waals surface area contributed by atoms with Crippen molar-refractivity contribution in [2.75, 3.05) is 32.7 Å². The fourth-order valence-corrected chi connectivity index (χ4v) is 4.83. The van der Waals surface area contributed by atoms with Crippen LogP contribution in [0.15, 0.2) is 22.9 Å². The lowest BCUT2D eigenvalue weighted by Gasteiger charge is -2.24. The Kier molecular flexibility index (Phi) is 8.77. The highest BCUT2D eigenvalue weighted by Crippen LogP contribution is 2.26. The summed E-state index contributed by atoms with van der Waals surface area (Å²) in [5, 5.41) is 3.98. The normalized spacial score (nSPS) is 14.5. The van der Waals surface area contributed by atoms with Crippen LogP contribution in [0.25, 0.3) is 17.2 Å². The van der Waals surface area contributed by atoms with E-state index < -0.39 is 0 Å². The summed E-state index contributed by atoms with van der Waals surface area (Å²) in [7, 11) is 0. The average molecular weight is 495 g/mol. The molecule has 0 saturated carbocycles. The molecular weight excluding hydrogens is 452 g/mol. The summed E-state index contributed by atoms with van der Waals surface area (Å²) in [6.07, 6.45) is 8.38. The van der Waals surface area contributed by atoms with Crippen molar-refractivity contribution in [1.82, 2.24) is 29.3 Å². The fraction of sp³-hybridized carbons (Fsp3) is 0.643. The van der Waals surface area contributed by atoms with Crippen molar-refractivity contribution in [3.63, 3.8) is 0 Å². The number of rotatable bonds is 12. The summed E-state index contributed by atoms with van der Waals surface area (Å²) < 4.78 is 7.57. The highest BCUT2D eigenvalue weighted by molar-refractivity contribution is 5.94. The number of pyridine rings is 1. The van der Waals surface area contributed by atoms with E-state index in [-0.39, 0.29) is 5.91 Å². The molecule has 8 nitrogen and oxygen atoms in total. The lowest BCUT2D eigenvalue weighted by Crippen LogP contribution is -2.34. The van der Waals surface area contributed by atoms with Crippen molar-refractivity contribution >= 4 is 11.6 Å². The third-order valence-electron chi connectivity index (χ3n) is 7.02. The predicted molar refractivity (Wildman–Crippen MR) is 142 cm³/mol. The van der Waals surface area contributed by atoms with Crippen molar-refractivity contribution in [3.8, 4) is 11.6 Å². The number of likely N-dealkylation sites (tertiary alicyclic amines) is 1. The molecule has 0 N–H and O–H groups in total. The van der Waals surface area contributed by atoms with Gasteiger partial charge in [-0.25, -0.2) is 4.98 Å². The van der Waals surface area contributed by atoms with Gasteiger partial charge in [0.2, 0.25) is 0 Å². The van der Waals surface area contributed by atoms with E-state index in [2.05, 4.69) is 47.1 Å². The van der Waals surface area contributed by atoms with Crippen LogP contribution in [0, 0.1) is 18.8 Å². The van der Waals surface area contributed by atoms with Gasteiger partial charge in [0.1, 0.15) is 5.65 Å². The highest BCUT2D eigenvalue weighted by atomic mass is 16.5. The zero-order valence-corrected chi connectivity index (χ0v) is 22.7. The Morgan fingerprint density at radius 3 is 2.36 bits per heavy atom. The van der Waals surface area contributed by atoms with E-state index in [4.69, 9.17) is 9.51 Å². The van der Waals surface area contributed by atoms with Crippen LogP contribution >= 0.6 is 0 Å². The molecule has 36 heavy (non-hydrogen) atoms. The third-order valence-corrected chi connectivity index (χ3v) is 7.02. The number of amides is 1. The number of hydrogen-bond donors (Lipinski definition) is 0. The van der Waals surface area contributed by atoms with Crippen molar-refractivity contribution < 1.29 is 9.32 Å². The molecule has 4 heterocycles. The summed E-state index contributed by atoms with van der Waals surface area (Å²) in [5.41, 5.74) is 3.24. The molecule has 0 unspecified atom stereocenters. The zero-order valence-electron chi connectivity index (χ0n) is 22.7. The molecule has 1 saturated heterocycles. The number of aromatic nitrogens is 4. The van der Waals surface area contributed by atoms with Crippen molar-refractivity contribution in [3.05, 3.63) is 35.4 Å². The second-order valence-corrected chi connectivity index (χ2v) is 11.0. The SMILES string of the molecule is Cc1noc(-c2nc3ccc(C(=O)N(CCC(C)C)CCC(C)C)cn3c2CCCN2CCCC2)n1. The van der Waals surface area contributed by atoms with Gasteiger partial charge in [0.15, 0.2) is 11.5 Å². The molecular formula is C28H42N6O2. The van der Waals surface area contributed by atoms with Gasteiger partial charge in [-0.2, -0.15) is 4.98 Å². The van der Waals surface area contributed by atoms with Gasteiger partial charge in [-0.15, -0.1) is 0 Å². The van der Waals surface area contributed by atoms with Crippen LogP contribution in [0.2, 0.25) is 0 Å². The second kappa shape index (κ2) is 12.0. The van der Waals surface area contributed by atoms with Gasteiger partial charge in [-0.3, -0.25) is 4.79 Å². The van der Waals surface area contributed by atoms with Crippen molar-refractivity contribution in [1.29, 1.82) is 0 Å². The van der Waals surface area contributed by atoms with Gasteiger partial charge >= 0.3 is 0 Å². The monoisotopic (exact) mass is 494 g/mol. The average Bonchev–Trinajstić information content (AvgIpc) is 3.58. The largest absolute Gasteiger partial charge is 0.339 e. The Bertz CT molecular complexity index is 1130. The minimum atomic E-state index is 0.0881. The molecule has 0 spiro atoms. The molecule has 0 atom stereocenters. The summed E-state index contributed by atoms with van der Waals surface area (Å²) in [5.74, 6) is 2.23. The summed E-state index contributed by atoms with van der Waals surface area (Å²) in [6, 6.07) is 3.84. The van der Waals surface area contributed by atoms with Gasteiger partial charge in [0.05, 0.1) is 11.3 Å². The molecule has 1 fully saturated rings. The number of imidazole rings is 1. The first kappa shape index (κ1) is 26.3. The number of fused-ring (bicyclic) bond motifs is 1. The first-order chi connectivity index (χ1) is 17.3. The maximum Gasteiger partial charge on any atom is 0.278 e. The van der Waals surface area contributed by atoms with E-state index in [9.17, 15) is 4.79 Å². The standard InChI is InChI=1S/C28H42N6O2/c1-20(2)12-17-33(18-13-21(3)4)28(35)23-10-11-25-30-26(27-29-22(5)31-36-27)24(34(25)19-23)9-8-16-32-14-6-7-15-32/h10-11,19-21H,6-9,12-18H2,1-5H3. The maximum absolute atomic E-state index is 13.6. The Labute approximate surface area is 215 Å². The van der Waals surface area contributed by atoms with E-state index in [1.165, 1.54) is 25.9 Å². The molecule has 1 aliphatic heterocycles. The minimum Gasteiger partial charge on any atom is -0.339 e. The van der Waals surface area contributed by atoms with Gasteiger partial charge in [-0.1, -0.05) is 32.9 Å². The first-order valence-electron chi connectivity index (χ1n) is 13.6. The van der Waals surface area contributed by atoms with E-state index in [1.54, 1.807) is 0 Å². The van der Waals surface area contributed by atoms with Gasteiger partial charge in [0.25, 0.3) is 11.8 Å².